The molecule has 0 spiro atoms. The number of carbonyl (C=O) groups is 1. The first-order valence-electron chi connectivity index (χ1n) is 5.99. The van der Waals surface area contributed by atoms with Crippen LogP contribution in [0.1, 0.15) is 19.3 Å². The number of piperidine rings is 1. The highest BCUT2D eigenvalue weighted by atomic mass is 32.2. The van der Waals surface area contributed by atoms with Gasteiger partial charge in [-0.25, -0.2) is 0 Å². The Labute approximate surface area is 111 Å². The first-order chi connectivity index (χ1) is 8.97. The highest BCUT2D eigenvalue weighted by Gasteiger charge is 2.24. The second kappa shape index (κ2) is 5.57. The average Bonchev–Trinajstić information content (AvgIpc) is 2.76. The lowest BCUT2D eigenvalue weighted by atomic mass is 10.2. The van der Waals surface area contributed by atoms with Crippen LogP contribution in [0.4, 0.5) is 5.69 Å². The summed E-state index contributed by atoms with van der Waals surface area (Å²) < 4.78 is 29.1. The van der Waals surface area contributed by atoms with Crippen molar-refractivity contribution in [2.45, 2.75) is 25.8 Å². The molecule has 1 aromatic heterocycles. The summed E-state index contributed by atoms with van der Waals surface area (Å²) in [5, 5.41) is 12.4. The van der Waals surface area contributed by atoms with Crippen LogP contribution >= 0.6 is 0 Å². The smallest absolute Gasteiger partial charge is 0.325 e. The minimum atomic E-state index is -3.57. The van der Waals surface area contributed by atoms with Gasteiger partial charge in [0.1, 0.15) is 6.54 Å². The van der Waals surface area contributed by atoms with Gasteiger partial charge in [0.25, 0.3) is 0 Å². The molecule has 1 aromatic rings. The summed E-state index contributed by atoms with van der Waals surface area (Å²) in [6.07, 6.45) is 5.42. The maximum atomic E-state index is 12.0. The third-order valence-corrected chi connectivity index (χ3v) is 4.37. The molecule has 0 aromatic carbocycles. The van der Waals surface area contributed by atoms with Gasteiger partial charge < -0.3 is 5.11 Å². The Hall–Kier alpha value is -1.61. The molecule has 2 rings (SSSR count). The molecule has 1 aliphatic rings. The number of carboxylic acid groups (broad SMARTS) is 1. The largest absolute Gasteiger partial charge is 0.480 e. The van der Waals surface area contributed by atoms with Crippen LogP contribution in [-0.4, -0.2) is 46.7 Å². The zero-order valence-corrected chi connectivity index (χ0v) is 11.1. The molecular weight excluding hydrogens is 272 g/mol. The van der Waals surface area contributed by atoms with Gasteiger partial charge in [-0.05, 0) is 12.8 Å². The molecule has 0 atom stereocenters. The summed E-state index contributed by atoms with van der Waals surface area (Å²) in [6.45, 7) is 0.725. The lowest BCUT2D eigenvalue weighted by Crippen LogP contribution is -2.39. The van der Waals surface area contributed by atoms with Crippen molar-refractivity contribution in [1.29, 1.82) is 0 Å². The molecule has 0 radical (unpaired) electrons. The second-order valence-electron chi connectivity index (χ2n) is 4.39. The van der Waals surface area contributed by atoms with E-state index in [2.05, 4.69) is 9.82 Å². The minimum absolute atomic E-state index is 0.270. The predicted molar refractivity (Wildman–Crippen MR) is 67.8 cm³/mol. The van der Waals surface area contributed by atoms with Crippen LogP contribution in [0.3, 0.4) is 0 Å². The fraction of sp³-hybridized carbons (Fsp3) is 0.600. The van der Waals surface area contributed by atoms with E-state index in [1.54, 1.807) is 0 Å². The third-order valence-electron chi connectivity index (χ3n) is 2.83. The molecular formula is C10H16N4O4S. The summed E-state index contributed by atoms with van der Waals surface area (Å²) in [4.78, 5) is 10.5. The number of nitrogens with zero attached hydrogens (tertiary/aromatic N) is 3. The van der Waals surface area contributed by atoms with Crippen molar-refractivity contribution in [1.82, 2.24) is 14.1 Å². The van der Waals surface area contributed by atoms with Gasteiger partial charge in [0.15, 0.2) is 0 Å². The first kappa shape index (κ1) is 13.8. The van der Waals surface area contributed by atoms with Gasteiger partial charge in [0.05, 0.1) is 11.9 Å². The van der Waals surface area contributed by atoms with Gasteiger partial charge >= 0.3 is 16.2 Å². The number of anilines is 1. The number of rotatable bonds is 5. The first-order valence-corrected chi connectivity index (χ1v) is 7.43. The van der Waals surface area contributed by atoms with Crippen LogP contribution in [-0.2, 0) is 21.5 Å². The van der Waals surface area contributed by atoms with Gasteiger partial charge in [-0.1, -0.05) is 6.42 Å². The fourth-order valence-corrected chi connectivity index (χ4v) is 3.23. The molecule has 9 heteroatoms. The SMILES string of the molecule is O=C(O)Cn1cc(NS(=O)(=O)N2CCCCC2)cn1. The third kappa shape index (κ3) is 3.67. The molecule has 8 nitrogen and oxygen atoms in total. The Kier molecular flexibility index (Phi) is 4.05. The Morgan fingerprint density at radius 1 is 1.37 bits per heavy atom. The van der Waals surface area contributed by atoms with E-state index in [0.717, 1.165) is 23.9 Å². The average molecular weight is 288 g/mol. The van der Waals surface area contributed by atoms with Crippen molar-refractivity contribution in [3.05, 3.63) is 12.4 Å². The van der Waals surface area contributed by atoms with Crippen molar-refractivity contribution in [3.63, 3.8) is 0 Å². The standard InChI is InChI=1S/C10H16N4O4S/c15-10(16)8-13-7-9(6-11-13)12-19(17,18)14-4-2-1-3-5-14/h6-7,12H,1-5,8H2,(H,15,16). The van der Waals surface area contributed by atoms with Gasteiger partial charge in [-0.2, -0.15) is 17.8 Å². The molecule has 1 fully saturated rings. The summed E-state index contributed by atoms with van der Waals surface area (Å²) in [6, 6.07) is 0. The van der Waals surface area contributed by atoms with Crippen LogP contribution < -0.4 is 4.72 Å². The predicted octanol–water partition coefficient (Wildman–Crippen LogP) is 0.110. The number of hydrogen-bond acceptors (Lipinski definition) is 4. The van der Waals surface area contributed by atoms with Crippen molar-refractivity contribution < 1.29 is 18.3 Å². The minimum Gasteiger partial charge on any atom is -0.480 e. The van der Waals surface area contributed by atoms with Gasteiger partial charge in [-0.3, -0.25) is 14.2 Å². The molecule has 0 unspecified atom stereocenters. The van der Waals surface area contributed by atoms with Crippen molar-refractivity contribution in [3.8, 4) is 0 Å². The maximum Gasteiger partial charge on any atom is 0.325 e. The van der Waals surface area contributed by atoms with E-state index in [-0.39, 0.29) is 12.2 Å². The molecule has 19 heavy (non-hydrogen) atoms. The van der Waals surface area contributed by atoms with Crippen LogP contribution in [0.25, 0.3) is 0 Å². The normalized spacial score (nSPS) is 17.3. The number of hydrogen-bond donors (Lipinski definition) is 2. The summed E-state index contributed by atoms with van der Waals surface area (Å²) in [5.74, 6) is -1.03. The number of aromatic nitrogens is 2. The molecule has 106 valence electrons. The topological polar surface area (TPSA) is 105 Å². The van der Waals surface area contributed by atoms with Gasteiger partial charge in [-0.15, -0.1) is 0 Å². The highest BCUT2D eigenvalue weighted by Crippen LogP contribution is 2.16. The molecule has 0 amide bonds. The lowest BCUT2D eigenvalue weighted by molar-refractivity contribution is -0.137. The number of aliphatic carboxylic acids is 1. The highest BCUT2D eigenvalue weighted by molar-refractivity contribution is 7.90. The summed E-state index contributed by atoms with van der Waals surface area (Å²) >= 11 is 0. The van der Waals surface area contributed by atoms with Gasteiger partial charge in [0.2, 0.25) is 0 Å². The van der Waals surface area contributed by atoms with E-state index in [1.807, 2.05) is 0 Å². The lowest BCUT2D eigenvalue weighted by Gasteiger charge is -2.25. The van der Waals surface area contributed by atoms with Crippen molar-refractivity contribution >= 4 is 21.9 Å². The van der Waals surface area contributed by atoms with E-state index in [4.69, 9.17) is 5.11 Å². The maximum absolute atomic E-state index is 12.0. The van der Waals surface area contributed by atoms with Gasteiger partial charge in [0, 0.05) is 19.3 Å². The number of nitrogens with one attached hydrogen (secondary N) is 1. The Morgan fingerprint density at radius 2 is 2.05 bits per heavy atom. The van der Waals surface area contributed by atoms with E-state index in [1.165, 1.54) is 16.7 Å². The molecule has 1 saturated heterocycles. The Bertz CT molecular complexity index is 548. The molecule has 0 bridgehead atoms. The second-order valence-corrected chi connectivity index (χ2v) is 6.06. The molecule has 2 N–H and O–H groups in total. The van der Waals surface area contributed by atoms with Crippen molar-refractivity contribution in [2.24, 2.45) is 0 Å². The van der Waals surface area contributed by atoms with E-state index in [9.17, 15) is 13.2 Å². The molecule has 2 heterocycles. The van der Waals surface area contributed by atoms with E-state index >= 15 is 0 Å². The number of carboxylic acids is 1. The van der Waals surface area contributed by atoms with Crippen LogP contribution in [0.5, 0.6) is 0 Å². The zero-order valence-electron chi connectivity index (χ0n) is 10.3. The Morgan fingerprint density at radius 3 is 2.68 bits per heavy atom. The van der Waals surface area contributed by atoms with Crippen LogP contribution in [0, 0.1) is 0 Å². The van der Waals surface area contributed by atoms with Crippen molar-refractivity contribution in [2.75, 3.05) is 17.8 Å². The fourth-order valence-electron chi connectivity index (χ4n) is 1.96. The summed E-state index contributed by atoms with van der Waals surface area (Å²) in [5.41, 5.74) is 0.270. The Balaban J connectivity index is 2.03. The quantitative estimate of drug-likeness (QED) is 0.800. The summed E-state index contributed by atoms with van der Waals surface area (Å²) in [7, 11) is -3.57. The molecule has 1 aliphatic heterocycles. The van der Waals surface area contributed by atoms with Crippen LogP contribution in [0.2, 0.25) is 0 Å². The molecule has 0 aliphatic carbocycles. The van der Waals surface area contributed by atoms with Crippen LogP contribution in [0.15, 0.2) is 12.4 Å². The monoisotopic (exact) mass is 288 g/mol. The zero-order chi connectivity index (χ0) is 13.9. The molecule has 0 saturated carbocycles. The van der Waals surface area contributed by atoms with E-state index < -0.39 is 16.2 Å². The van der Waals surface area contributed by atoms with E-state index in [0.29, 0.717) is 13.1 Å².